The van der Waals surface area contributed by atoms with Gasteiger partial charge < -0.3 is 10.1 Å². The van der Waals surface area contributed by atoms with E-state index in [1.165, 1.54) is 12.1 Å². The summed E-state index contributed by atoms with van der Waals surface area (Å²) in [6, 6.07) is 11.9. The Morgan fingerprint density at radius 3 is 2.48 bits per heavy atom. The Morgan fingerprint density at radius 2 is 1.78 bits per heavy atom. The summed E-state index contributed by atoms with van der Waals surface area (Å²) >= 11 is 0. The van der Waals surface area contributed by atoms with Gasteiger partial charge in [0.25, 0.3) is 0 Å². The van der Waals surface area contributed by atoms with E-state index >= 15 is 0 Å². The number of hydrogen-bond acceptors (Lipinski definition) is 2. The molecule has 122 valence electrons. The monoisotopic (exact) mass is 323 g/mol. The lowest BCUT2D eigenvalue weighted by molar-refractivity contribution is -0.137. The molecular formula is C17H16F3NO2. The maximum Gasteiger partial charge on any atom is 0.416 e. The van der Waals surface area contributed by atoms with E-state index in [0.717, 1.165) is 17.7 Å². The van der Waals surface area contributed by atoms with E-state index < -0.39 is 11.7 Å². The quantitative estimate of drug-likeness (QED) is 0.902. The van der Waals surface area contributed by atoms with Crippen LogP contribution in [0.25, 0.3) is 0 Å². The minimum absolute atomic E-state index is 0.127. The number of carbonyl (C=O) groups excluding carboxylic acids is 1. The van der Waals surface area contributed by atoms with Crippen LogP contribution in [0.2, 0.25) is 0 Å². The molecular weight excluding hydrogens is 307 g/mol. The van der Waals surface area contributed by atoms with Gasteiger partial charge >= 0.3 is 6.18 Å². The number of alkyl halides is 3. The number of amides is 1. The van der Waals surface area contributed by atoms with Crippen molar-refractivity contribution >= 4 is 11.6 Å². The first kappa shape index (κ1) is 17.0. The number of benzene rings is 2. The van der Waals surface area contributed by atoms with Crippen molar-refractivity contribution in [2.45, 2.75) is 19.2 Å². The molecule has 2 aromatic carbocycles. The maximum absolute atomic E-state index is 12.7. The summed E-state index contributed by atoms with van der Waals surface area (Å²) in [6.07, 6.45) is -4.54. The predicted molar refractivity (Wildman–Crippen MR) is 80.9 cm³/mol. The number of rotatable bonds is 5. The lowest BCUT2D eigenvalue weighted by atomic mass is 10.1. The van der Waals surface area contributed by atoms with Crippen LogP contribution < -0.4 is 5.32 Å². The third-order valence-corrected chi connectivity index (χ3v) is 3.14. The summed E-state index contributed by atoms with van der Waals surface area (Å²) in [5.74, 6) is -0.376. The van der Waals surface area contributed by atoms with Crippen LogP contribution in [0.4, 0.5) is 18.9 Å². The summed E-state index contributed by atoms with van der Waals surface area (Å²) in [7, 11) is 1.57. The molecule has 2 aromatic rings. The van der Waals surface area contributed by atoms with Crippen LogP contribution in [-0.2, 0) is 28.7 Å². The molecule has 0 aliphatic rings. The van der Waals surface area contributed by atoms with E-state index in [2.05, 4.69) is 5.32 Å². The van der Waals surface area contributed by atoms with E-state index in [4.69, 9.17) is 4.74 Å². The third-order valence-electron chi connectivity index (χ3n) is 3.14. The largest absolute Gasteiger partial charge is 0.416 e. The Labute approximate surface area is 132 Å². The number of anilines is 1. The van der Waals surface area contributed by atoms with E-state index in [-0.39, 0.29) is 12.3 Å². The van der Waals surface area contributed by atoms with E-state index in [1.807, 2.05) is 6.07 Å². The molecule has 0 aromatic heterocycles. The van der Waals surface area contributed by atoms with Gasteiger partial charge in [0.1, 0.15) is 0 Å². The molecule has 0 unspecified atom stereocenters. The molecule has 0 aliphatic heterocycles. The normalized spacial score (nSPS) is 11.3. The second-order valence-electron chi connectivity index (χ2n) is 5.06. The van der Waals surface area contributed by atoms with Crippen molar-refractivity contribution in [3.05, 3.63) is 65.2 Å². The summed E-state index contributed by atoms with van der Waals surface area (Å²) in [4.78, 5) is 12.0. The molecule has 2 rings (SSSR count). The van der Waals surface area contributed by atoms with Crippen LogP contribution in [-0.4, -0.2) is 13.0 Å². The Morgan fingerprint density at radius 1 is 1.09 bits per heavy atom. The Kier molecular flexibility index (Phi) is 5.39. The van der Waals surface area contributed by atoms with Gasteiger partial charge in [-0.15, -0.1) is 0 Å². The molecule has 6 heteroatoms. The number of carbonyl (C=O) groups is 1. The molecule has 23 heavy (non-hydrogen) atoms. The molecule has 0 radical (unpaired) electrons. The van der Waals surface area contributed by atoms with Crippen LogP contribution in [0.1, 0.15) is 16.7 Å². The van der Waals surface area contributed by atoms with Crippen molar-refractivity contribution in [2.24, 2.45) is 0 Å². The van der Waals surface area contributed by atoms with Crippen molar-refractivity contribution in [1.29, 1.82) is 0 Å². The number of halogens is 3. The van der Waals surface area contributed by atoms with Gasteiger partial charge in [0.15, 0.2) is 0 Å². The highest BCUT2D eigenvalue weighted by Gasteiger charge is 2.30. The summed E-state index contributed by atoms with van der Waals surface area (Å²) in [5.41, 5.74) is 1.02. The van der Waals surface area contributed by atoms with Crippen LogP contribution in [0, 0.1) is 0 Å². The second kappa shape index (κ2) is 7.28. The first-order valence-corrected chi connectivity index (χ1v) is 6.92. The maximum atomic E-state index is 12.7. The summed E-state index contributed by atoms with van der Waals surface area (Å²) in [6.45, 7) is 0.414. The molecule has 0 heterocycles. The first-order chi connectivity index (χ1) is 10.9. The van der Waals surface area contributed by atoms with Crippen LogP contribution in [0.3, 0.4) is 0 Å². The molecule has 0 bridgehead atoms. The summed E-state index contributed by atoms with van der Waals surface area (Å²) in [5, 5.41) is 2.67. The van der Waals surface area contributed by atoms with Crippen LogP contribution in [0.15, 0.2) is 48.5 Å². The van der Waals surface area contributed by atoms with Crippen molar-refractivity contribution < 1.29 is 22.7 Å². The average molecular weight is 323 g/mol. The minimum atomic E-state index is -4.42. The Balaban J connectivity index is 2.04. The number of methoxy groups -OCH3 is 1. The lowest BCUT2D eigenvalue weighted by Crippen LogP contribution is -2.15. The smallest absolute Gasteiger partial charge is 0.380 e. The van der Waals surface area contributed by atoms with Gasteiger partial charge in [0, 0.05) is 12.8 Å². The Hall–Kier alpha value is -2.34. The van der Waals surface area contributed by atoms with Gasteiger partial charge in [-0.25, -0.2) is 0 Å². The molecule has 0 saturated heterocycles. The second-order valence-corrected chi connectivity index (χ2v) is 5.06. The molecule has 3 nitrogen and oxygen atoms in total. The van der Waals surface area contributed by atoms with Gasteiger partial charge in [0.2, 0.25) is 5.91 Å². The van der Waals surface area contributed by atoms with E-state index in [0.29, 0.717) is 17.9 Å². The summed E-state index contributed by atoms with van der Waals surface area (Å²) < 4.78 is 43.0. The zero-order chi connectivity index (χ0) is 16.9. The Bertz CT molecular complexity index is 684. The van der Waals surface area contributed by atoms with Gasteiger partial charge in [-0.05, 0) is 29.3 Å². The SMILES string of the molecule is COCc1cccc(NC(=O)Cc2cccc(C(F)(F)F)c2)c1. The fraction of sp³-hybridized carbons (Fsp3) is 0.235. The van der Waals surface area contributed by atoms with Crippen molar-refractivity contribution in [2.75, 3.05) is 12.4 Å². The third kappa shape index (κ3) is 5.10. The zero-order valence-corrected chi connectivity index (χ0v) is 12.5. The zero-order valence-electron chi connectivity index (χ0n) is 12.5. The molecule has 0 saturated carbocycles. The minimum Gasteiger partial charge on any atom is -0.380 e. The highest BCUT2D eigenvalue weighted by molar-refractivity contribution is 5.92. The standard InChI is InChI=1S/C17H16F3NO2/c1-23-11-13-5-3-7-15(9-13)21-16(22)10-12-4-2-6-14(8-12)17(18,19)20/h2-9H,10-11H2,1H3,(H,21,22). The van der Waals surface area contributed by atoms with E-state index in [1.54, 1.807) is 25.3 Å². The topological polar surface area (TPSA) is 38.3 Å². The van der Waals surface area contributed by atoms with Crippen LogP contribution >= 0.6 is 0 Å². The molecule has 0 aliphatic carbocycles. The first-order valence-electron chi connectivity index (χ1n) is 6.92. The van der Waals surface area contributed by atoms with Crippen molar-refractivity contribution in [3.63, 3.8) is 0 Å². The van der Waals surface area contributed by atoms with Gasteiger partial charge in [-0.1, -0.05) is 30.3 Å². The fourth-order valence-electron chi connectivity index (χ4n) is 2.15. The molecule has 1 amide bonds. The predicted octanol–water partition coefficient (Wildman–Crippen LogP) is 4.03. The number of hydrogen-bond donors (Lipinski definition) is 1. The highest BCUT2D eigenvalue weighted by Crippen LogP contribution is 2.29. The molecule has 0 atom stereocenters. The average Bonchev–Trinajstić information content (AvgIpc) is 2.47. The van der Waals surface area contributed by atoms with Crippen molar-refractivity contribution in [3.8, 4) is 0 Å². The van der Waals surface area contributed by atoms with Gasteiger partial charge in [-0.2, -0.15) is 13.2 Å². The molecule has 0 fully saturated rings. The fourth-order valence-corrected chi connectivity index (χ4v) is 2.15. The highest BCUT2D eigenvalue weighted by atomic mass is 19.4. The van der Waals surface area contributed by atoms with Gasteiger partial charge in [-0.3, -0.25) is 4.79 Å². The number of nitrogens with one attached hydrogen (secondary N) is 1. The molecule has 0 spiro atoms. The molecule has 1 N–H and O–H groups in total. The van der Waals surface area contributed by atoms with E-state index in [9.17, 15) is 18.0 Å². The van der Waals surface area contributed by atoms with Crippen LogP contribution in [0.5, 0.6) is 0 Å². The van der Waals surface area contributed by atoms with Gasteiger partial charge in [0.05, 0.1) is 18.6 Å². The van der Waals surface area contributed by atoms with Crippen molar-refractivity contribution in [1.82, 2.24) is 0 Å². The number of ether oxygens (including phenoxy) is 1. The lowest BCUT2D eigenvalue weighted by Gasteiger charge is -2.10.